The maximum atomic E-state index is 12.4. The van der Waals surface area contributed by atoms with Crippen LogP contribution in [0.15, 0.2) is 46.1 Å². The van der Waals surface area contributed by atoms with Gasteiger partial charge in [-0.25, -0.2) is 15.0 Å². The molecule has 1 aliphatic heterocycles. The second kappa shape index (κ2) is 8.24. The molecule has 0 aliphatic carbocycles. The molecule has 0 saturated heterocycles. The van der Waals surface area contributed by atoms with Crippen molar-refractivity contribution >= 4 is 51.3 Å². The van der Waals surface area contributed by atoms with E-state index >= 15 is 0 Å². The van der Waals surface area contributed by atoms with Crippen molar-refractivity contribution in [2.75, 3.05) is 11.1 Å². The van der Waals surface area contributed by atoms with Crippen LogP contribution >= 0.6 is 11.8 Å². The van der Waals surface area contributed by atoms with E-state index in [1.807, 2.05) is 19.9 Å². The zero-order chi connectivity index (χ0) is 23.2. The SMILES string of the molecule is CC(=O)c1ccc(NC(=O)CSc2ncnc3c2oc2nc4c(cc23)COC(C)(C)C4)cc1. The zero-order valence-electron chi connectivity index (χ0n) is 18.5. The first kappa shape index (κ1) is 21.5. The molecule has 3 aromatic heterocycles. The van der Waals surface area contributed by atoms with Crippen LogP contribution in [0, 0.1) is 0 Å². The summed E-state index contributed by atoms with van der Waals surface area (Å²) >= 11 is 1.27. The van der Waals surface area contributed by atoms with E-state index in [4.69, 9.17) is 14.1 Å². The molecular formula is C24H22N4O4S. The molecule has 0 bridgehead atoms. The molecule has 0 spiro atoms. The molecule has 33 heavy (non-hydrogen) atoms. The molecule has 4 heterocycles. The van der Waals surface area contributed by atoms with Gasteiger partial charge in [-0.1, -0.05) is 11.8 Å². The first-order chi connectivity index (χ1) is 15.8. The average molecular weight is 463 g/mol. The van der Waals surface area contributed by atoms with Crippen LogP contribution in [0.3, 0.4) is 0 Å². The second-order valence-electron chi connectivity index (χ2n) is 8.60. The fraction of sp³-hybridized carbons (Fsp3) is 0.292. The van der Waals surface area contributed by atoms with Gasteiger partial charge in [-0.05, 0) is 51.1 Å². The number of ether oxygens (including phenoxy) is 1. The molecule has 168 valence electrons. The highest BCUT2D eigenvalue weighted by Gasteiger charge is 2.28. The summed E-state index contributed by atoms with van der Waals surface area (Å²) in [6.45, 7) is 6.09. The number of furan rings is 1. The largest absolute Gasteiger partial charge is 0.433 e. The lowest BCUT2D eigenvalue weighted by Gasteiger charge is -2.30. The second-order valence-corrected chi connectivity index (χ2v) is 9.57. The minimum Gasteiger partial charge on any atom is -0.433 e. The van der Waals surface area contributed by atoms with E-state index in [2.05, 4.69) is 15.3 Å². The van der Waals surface area contributed by atoms with Crippen LogP contribution in [0.2, 0.25) is 0 Å². The Bertz CT molecular complexity index is 1400. The van der Waals surface area contributed by atoms with E-state index in [9.17, 15) is 9.59 Å². The first-order valence-corrected chi connectivity index (χ1v) is 11.5. The maximum absolute atomic E-state index is 12.4. The number of nitrogens with zero attached hydrogens (tertiary/aromatic N) is 3. The van der Waals surface area contributed by atoms with Crippen molar-refractivity contribution in [3.8, 4) is 0 Å². The number of carbonyl (C=O) groups excluding carboxylic acids is 2. The quantitative estimate of drug-likeness (QED) is 0.261. The molecule has 1 aliphatic rings. The van der Waals surface area contributed by atoms with Crippen molar-refractivity contribution in [1.29, 1.82) is 0 Å². The van der Waals surface area contributed by atoms with Crippen molar-refractivity contribution in [2.45, 2.75) is 44.4 Å². The summed E-state index contributed by atoms with van der Waals surface area (Å²) in [4.78, 5) is 37.3. The Balaban J connectivity index is 1.36. The van der Waals surface area contributed by atoms with E-state index in [1.165, 1.54) is 25.0 Å². The van der Waals surface area contributed by atoms with Crippen LogP contribution < -0.4 is 5.32 Å². The average Bonchev–Trinajstić information content (AvgIpc) is 3.14. The van der Waals surface area contributed by atoms with Gasteiger partial charge in [0.15, 0.2) is 11.4 Å². The summed E-state index contributed by atoms with van der Waals surface area (Å²) in [5.41, 5.74) is 4.67. The Morgan fingerprint density at radius 2 is 1.97 bits per heavy atom. The third-order valence-electron chi connectivity index (χ3n) is 5.51. The molecule has 0 radical (unpaired) electrons. The van der Waals surface area contributed by atoms with Gasteiger partial charge in [0.1, 0.15) is 16.9 Å². The van der Waals surface area contributed by atoms with Crippen LogP contribution in [-0.2, 0) is 22.6 Å². The summed E-state index contributed by atoms with van der Waals surface area (Å²) in [7, 11) is 0. The Morgan fingerprint density at radius 3 is 2.73 bits per heavy atom. The van der Waals surface area contributed by atoms with Gasteiger partial charge >= 0.3 is 0 Å². The molecule has 1 N–H and O–H groups in total. The van der Waals surface area contributed by atoms with Crippen molar-refractivity contribution < 1.29 is 18.7 Å². The summed E-state index contributed by atoms with van der Waals surface area (Å²) < 4.78 is 12.0. The number of rotatable bonds is 5. The Labute approximate surface area is 194 Å². The Hall–Kier alpha value is -3.30. The maximum Gasteiger partial charge on any atom is 0.234 e. The zero-order valence-corrected chi connectivity index (χ0v) is 19.3. The number of carbonyl (C=O) groups is 2. The van der Waals surface area contributed by atoms with Crippen LogP contribution in [0.1, 0.15) is 42.4 Å². The summed E-state index contributed by atoms with van der Waals surface area (Å²) in [5, 5.41) is 4.22. The number of ketones is 1. The molecule has 0 unspecified atom stereocenters. The van der Waals surface area contributed by atoms with E-state index < -0.39 is 0 Å². The van der Waals surface area contributed by atoms with Gasteiger partial charge in [-0.2, -0.15) is 0 Å². The number of hydrogen-bond acceptors (Lipinski definition) is 8. The molecule has 1 amide bonds. The predicted molar refractivity (Wildman–Crippen MR) is 125 cm³/mol. The molecule has 9 heteroatoms. The van der Waals surface area contributed by atoms with Crippen molar-refractivity contribution in [1.82, 2.24) is 15.0 Å². The van der Waals surface area contributed by atoms with Gasteiger partial charge in [0.05, 0.1) is 29.0 Å². The number of thioether (sulfide) groups is 1. The normalized spacial score (nSPS) is 14.9. The molecule has 5 rings (SSSR count). The number of amides is 1. The van der Waals surface area contributed by atoms with Crippen molar-refractivity contribution in [3.05, 3.63) is 53.5 Å². The van der Waals surface area contributed by atoms with Crippen LogP contribution in [0.25, 0.3) is 22.2 Å². The number of aromatic nitrogens is 3. The number of fused-ring (bicyclic) bond motifs is 4. The van der Waals surface area contributed by atoms with Gasteiger partial charge in [-0.3, -0.25) is 9.59 Å². The molecule has 0 atom stereocenters. The minimum atomic E-state index is -0.264. The molecule has 4 aromatic rings. The van der Waals surface area contributed by atoms with E-state index in [0.29, 0.717) is 46.1 Å². The molecule has 0 saturated carbocycles. The third kappa shape index (κ3) is 4.34. The lowest BCUT2D eigenvalue weighted by atomic mass is 9.95. The van der Waals surface area contributed by atoms with E-state index in [0.717, 1.165) is 16.6 Å². The van der Waals surface area contributed by atoms with Crippen molar-refractivity contribution in [3.63, 3.8) is 0 Å². The van der Waals surface area contributed by atoms with Gasteiger partial charge in [0.2, 0.25) is 11.6 Å². The van der Waals surface area contributed by atoms with Crippen molar-refractivity contribution in [2.24, 2.45) is 0 Å². The summed E-state index contributed by atoms with van der Waals surface area (Å²) in [5.74, 6) is -0.0659. The summed E-state index contributed by atoms with van der Waals surface area (Å²) in [6.07, 6.45) is 2.17. The highest BCUT2D eigenvalue weighted by molar-refractivity contribution is 8.00. The summed E-state index contributed by atoms with van der Waals surface area (Å²) in [6, 6.07) is 8.82. The molecule has 1 aromatic carbocycles. The minimum absolute atomic E-state index is 0.0198. The smallest absolute Gasteiger partial charge is 0.234 e. The topological polar surface area (TPSA) is 107 Å². The van der Waals surface area contributed by atoms with Crippen LogP contribution in [0.4, 0.5) is 5.69 Å². The van der Waals surface area contributed by atoms with Gasteiger partial charge in [0, 0.05) is 23.2 Å². The Kier molecular flexibility index (Phi) is 5.38. The van der Waals surface area contributed by atoms with Gasteiger partial charge in [0.25, 0.3) is 0 Å². The Morgan fingerprint density at radius 1 is 1.18 bits per heavy atom. The number of nitrogens with one attached hydrogen (secondary N) is 1. The number of Topliss-reactive ketones (excluding diaryl/α,β-unsaturated/α-hetero) is 1. The standard InChI is InChI=1S/C24H22N4O4S/c1-13(29)14-4-6-16(7-5-14)27-19(30)11-33-23-21-20(25-12-26-23)17-8-15-10-31-24(2,3)9-18(15)28-22(17)32-21/h4-8,12H,9-11H2,1-3H3,(H,27,30). The lowest BCUT2D eigenvalue weighted by molar-refractivity contribution is -0.113. The predicted octanol–water partition coefficient (Wildman–Crippen LogP) is 4.56. The monoisotopic (exact) mass is 462 g/mol. The van der Waals surface area contributed by atoms with Crippen LogP contribution in [0.5, 0.6) is 0 Å². The number of pyridine rings is 1. The third-order valence-corrected chi connectivity index (χ3v) is 6.48. The van der Waals surface area contributed by atoms with E-state index in [-0.39, 0.29) is 23.0 Å². The number of hydrogen-bond donors (Lipinski definition) is 1. The number of benzene rings is 1. The highest BCUT2D eigenvalue weighted by Crippen LogP contribution is 2.35. The van der Waals surface area contributed by atoms with Gasteiger partial charge in [-0.15, -0.1) is 0 Å². The molecular weight excluding hydrogens is 440 g/mol. The first-order valence-electron chi connectivity index (χ1n) is 10.5. The van der Waals surface area contributed by atoms with Crippen LogP contribution in [-0.4, -0.2) is 38.0 Å². The fourth-order valence-electron chi connectivity index (χ4n) is 3.79. The highest BCUT2D eigenvalue weighted by atomic mass is 32.2. The molecule has 8 nitrogen and oxygen atoms in total. The van der Waals surface area contributed by atoms with E-state index in [1.54, 1.807) is 24.3 Å². The number of anilines is 1. The lowest BCUT2D eigenvalue weighted by Crippen LogP contribution is -2.32. The van der Waals surface area contributed by atoms with Gasteiger partial charge < -0.3 is 14.5 Å². The fourth-order valence-corrected chi connectivity index (χ4v) is 4.52. The molecule has 0 fully saturated rings.